The van der Waals surface area contributed by atoms with Gasteiger partial charge in [-0.3, -0.25) is 4.79 Å². The van der Waals surface area contributed by atoms with E-state index in [-0.39, 0.29) is 11.8 Å². The van der Waals surface area contributed by atoms with Gasteiger partial charge in [-0.25, -0.2) is 0 Å². The monoisotopic (exact) mass is 355 g/mol. The number of benzene rings is 3. The lowest BCUT2D eigenvalue weighted by Crippen LogP contribution is -2.30. The van der Waals surface area contributed by atoms with E-state index in [2.05, 4.69) is 66.7 Å². The van der Waals surface area contributed by atoms with E-state index in [1.54, 1.807) is 0 Å². The fourth-order valence-electron chi connectivity index (χ4n) is 4.20. The van der Waals surface area contributed by atoms with Crippen molar-refractivity contribution >= 4 is 5.91 Å². The second-order valence-corrected chi connectivity index (χ2v) is 7.33. The van der Waals surface area contributed by atoms with Gasteiger partial charge >= 0.3 is 0 Å². The molecule has 1 amide bonds. The molecule has 2 atom stereocenters. The van der Waals surface area contributed by atoms with Gasteiger partial charge in [0.15, 0.2) is 0 Å². The molecule has 0 radical (unpaired) electrons. The zero-order valence-corrected chi connectivity index (χ0v) is 15.5. The molecule has 1 fully saturated rings. The summed E-state index contributed by atoms with van der Waals surface area (Å²) in [5, 5.41) is 0. The SMILES string of the molecule is O=C1C[C@@H](c2ccccc2)[C@@H](c2ccccc2)CCN1Cc1ccccc1. The van der Waals surface area contributed by atoms with Gasteiger partial charge in [0.1, 0.15) is 0 Å². The molecule has 1 heterocycles. The molecule has 3 aromatic carbocycles. The number of amides is 1. The van der Waals surface area contributed by atoms with Gasteiger partial charge in [0.25, 0.3) is 0 Å². The first-order chi connectivity index (χ1) is 13.3. The van der Waals surface area contributed by atoms with Crippen molar-refractivity contribution < 1.29 is 4.79 Å². The molecule has 0 N–H and O–H groups in total. The normalized spacial score (nSPS) is 20.3. The van der Waals surface area contributed by atoms with E-state index in [0.29, 0.717) is 18.9 Å². The van der Waals surface area contributed by atoms with Gasteiger partial charge in [0.2, 0.25) is 5.91 Å². The van der Waals surface area contributed by atoms with Crippen LogP contribution in [0.15, 0.2) is 91.0 Å². The number of rotatable bonds is 4. The van der Waals surface area contributed by atoms with E-state index in [1.807, 2.05) is 29.2 Å². The van der Waals surface area contributed by atoms with Gasteiger partial charge in [0.05, 0.1) is 0 Å². The Kier molecular flexibility index (Phi) is 5.34. The zero-order valence-electron chi connectivity index (χ0n) is 15.5. The summed E-state index contributed by atoms with van der Waals surface area (Å²) >= 11 is 0. The van der Waals surface area contributed by atoms with Crippen molar-refractivity contribution in [1.82, 2.24) is 4.90 Å². The van der Waals surface area contributed by atoms with Gasteiger partial charge < -0.3 is 4.90 Å². The number of likely N-dealkylation sites (tertiary alicyclic amines) is 1. The first-order valence-electron chi connectivity index (χ1n) is 9.73. The molecule has 0 saturated carbocycles. The summed E-state index contributed by atoms with van der Waals surface area (Å²) in [6.45, 7) is 1.50. The molecule has 27 heavy (non-hydrogen) atoms. The molecule has 0 bridgehead atoms. The largest absolute Gasteiger partial charge is 0.338 e. The van der Waals surface area contributed by atoms with E-state index in [0.717, 1.165) is 13.0 Å². The summed E-state index contributed by atoms with van der Waals surface area (Å²) < 4.78 is 0. The highest BCUT2D eigenvalue weighted by Crippen LogP contribution is 2.40. The minimum Gasteiger partial charge on any atom is -0.338 e. The lowest BCUT2D eigenvalue weighted by molar-refractivity contribution is -0.131. The number of nitrogens with zero attached hydrogens (tertiary/aromatic N) is 1. The second-order valence-electron chi connectivity index (χ2n) is 7.33. The molecule has 136 valence electrons. The van der Waals surface area contributed by atoms with Crippen LogP contribution in [0.5, 0.6) is 0 Å². The Labute approximate surface area is 161 Å². The van der Waals surface area contributed by atoms with Gasteiger partial charge in [0, 0.05) is 19.5 Å². The predicted molar refractivity (Wildman–Crippen MR) is 109 cm³/mol. The number of carbonyl (C=O) groups excluding carboxylic acids is 1. The molecule has 1 aliphatic rings. The molecule has 2 nitrogen and oxygen atoms in total. The molecule has 4 rings (SSSR count). The van der Waals surface area contributed by atoms with Crippen molar-refractivity contribution in [2.24, 2.45) is 0 Å². The quantitative estimate of drug-likeness (QED) is 0.615. The Balaban J connectivity index is 1.63. The highest BCUT2D eigenvalue weighted by atomic mass is 16.2. The van der Waals surface area contributed by atoms with Gasteiger partial charge in [-0.05, 0) is 34.9 Å². The Hall–Kier alpha value is -2.87. The van der Waals surface area contributed by atoms with Gasteiger partial charge in [-0.2, -0.15) is 0 Å². The second kappa shape index (κ2) is 8.22. The molecular weight excluding hydrogens is 330 g/mol. The van der Waals surface area contributed by atoms with Crippen LogP contribution in [0, 0.1) is 0 Å². The van der Waals surface area contributed by atoms with Crippen molar-refractivity contribution in [2.75, 3.05) is 6.54 Å². The third-order valence-electron chi connectivity index (χ3n) is 5.61. The molecule has 0 aliphatic carbocycles. The number of carbonyl (C=O) groups is 1. The van der Waals surface area contributed by atoms with E-state index in [9.17, 15) is 4.79 Å². The van der Waals surface area contributed by atoms with Crippen molar-refractivity contribution in [2.45, 2.75) is 31.2 Å². The molecule has 3 aromatic rings. The number of hydrogen-bond donors (Lipinski definition) is 0. The first-order valence-corrected chi connectivity index (χ1v) is 9.73. The summed E-state index contributed by atoms with van der Waals surface area (Å²) in [6, 6.07) is 31.5. The lowest BCUT2D eigenvalue weighted by atomic mass is 9.78. The van der Waals surface area contributed by atoms with E-state index in [4.69, 9.17) is 0 Å². The zero-order chi connectivity index (χ0) is 18.5. The fourth-order valence-corrected chi connectivity index (χ4v) is 4.20. The van der Waals surface area contributed by atoms with Crippen molar-refractivity contribution in [3.63, 3.8) is 0 Å². The van der Waals surface area contributed by atoms with Crippen molar-refractivity contribution in [3.05, 3.63) is 108 Å². The summed E-state index contributed by atoms with van der Waals surface area (Å²) in [5.41, 5.74) is 3.79. The molecular formula is C25H25NO. The smallest absolute Gasteiger partial charge is 0.223 e. The van der Waals surface area contributed by atoms with E-state index in [1.165, 1.54) is 16.7 Å². The van der Waals surface area contributed by atoms with Crippen molar-refractivity contribution in [1.29, 1.82) is 0 Å². The Morgan fingerprint density at radius 3 is 1.81 bits per heavy atom. The minimum absolute atomic E-state index is 0.224. The van der Waals surface area contributed by atoms with Crippen LogP contribution in [0.4, 0.5) is 0 Å². The standard InChI is InChI=1S/C25H25NO/c27-25-18-24(22-14-8-3-9-15-22)23(21-12-6-2-7-13-21)16-17-26(25)19-20-10-4-1-5-11-20/h1-15,23-24H,16-19H2/t23-,24+/m1/s1. The molecule has 1 saturated heterocycles. The van der Waals surface area contributed by atoms with Crippen LogP contribution in [-0.4, -0.2) is 17.4 Å². The average molecular weight is 355 g/mol. The topological polar surface area (TPSA) is 20.3 Å². The molecule has 0 unspecified atom stereocenters. The average Bonchev–Trinajstić information content (AvgIpc) is 2.89. The van der Waals surface area contributed by atoms with Crippen LogP contribution in [0.3, 0.4) is 0 Å². The highest BCUT2D eigenvalue weighted by Gasteiger charge is 2.32. The summed E-state index contributed by atoms with van der Waals surface area (Å²) in [6.07, 6.45) is 1.55. The van der Waals surface area contributed by atoms with Crippen LogP contribution in [0.25, 0.3) is 0 Å². The maximum absolute atomic E-state index is 13.1. The minimum atomic E-state index is 0.224. The Morgan fingerprint density at radius 2 is 1.22 bits per heavy atom. The highest BCUT2D eigenvalue weighted by molar-refractivity contribution is 5.78. The van der Waals surface area contributed by atoms with E-state index >= 15 is 0 Å². The van der Waals surface area contributed by atoms with Gasteiger partial charge in [-0.1, -0.05) is 91.0 Å². The van der Waals surface area contributed by atoms with Crippen LogP contribution in [0.1, 0.15) is 41.4 Å². The summed E-state index contributed by atoms with van der Waals surface area (Å²) in [7, 11) is 0. The maximum atomic E-state index is 13.1. The number of hydrogen-bond acceptors (Lipinski definition) is 1. The van der Waals surface area contributed by atoms with Crippen LogP contribution in [-0.2, 0) is 11.3 Å². The third-order valence-corrected chi connectivity index (χ3v) is 5.61. The van der Waals surface area contributed by atoms with Crippen LogP contribution in [0.2, 0.25) is 0 Å². The van der Waals surface area contributed by atoms with Crippen LogP contribution >= 0.6 is 0 Å². The third kappa shape index (κ3) is 4.11. The predicted octanol–water partition coefficient (Wildman–Crippen LogP) is 5.38. The summed E-state index contributed by atoms with van der Waals surface area (Å²) in [4.78, 5) is 15.1. The van der Waals surface area contributed by atoms with Crippen LogP contribution < -0.4 is 0 Å². The molecule has 0 spiro atoms. The summed E-state index contributed by atoms with van der Waals surface area (Å²) in [5.74, 6) is 0.839. The van der Waals surface area contributed by atoms with Gasteiger partial charge in [-0.15, -0.1) is 0 Å². The van der Waals surface area contributed by atoms with E-state index < -0.39 is 0 Å². The molecule has 0 aromatic heterocycles. The maximum Gasteiger partial charge on any atom is 0.223 e. The first kappa shape index (κ1) is 17.5. The molecule has 1 aliphatic heterocycles. The fraction of sp³-hybridized carbons (Fsp3) is 0.240. The lowest BCUT2D eigenvalue weighted by Gasteiger charge is -2.25. The Morgan fingerprint density at radius 1 is 0.704 bits per heavy atom. The van der Waals surface area contributed by atoms with Crippen molar-refractivity contribution in [3.8, 4) is 0 Å². The Bertz CT molecular complexity index is 861. The molecule has 2 heteroatoms.